The molecule has 2 fully saturated rings. The first kappa shape index (κ1) is 23.4. The summed E-state index contributed by atoms with van der Waals surface area (Å²) in [5.41, 5.74) is 1.01. The molecule has 160 valence electrons. The summed E-state index contributed by atoms with van der Waals surface area (Å²) in [6.45, 7) is 14.7. The lowest BCUT2D eigenvalue weighted by molar-refractivity contribution is 0.118. The van der Waals surface area contributed by atoms with Crippen molar-refractivity contribution in [2.24, 2.45) is 4.99 Å². The van der Waals surface area contributed by atoms with E-state index in [2.05, 4.69) is 45.9 Å². The number of aromatic nitrogens is 1. The fraction of sp³-hybridized carbons (Fsp3) is 0.800. The largest absolute Gasteiger partial charge is 0.364 e. The second kappa shape index (κ2) is 12.0. The van der Waals surface area contributed by atoms with Gasteiger partial charge in [0.05, 0.1) is 12.2 Å². The average molecular weight is 504 g/mol. The van der Waals surface area contributed by atoms with Gasteiger partial charge in [0.25, 0.3) is 0 Å². The van der Waals surface area contributed by atoms with Gasteiger partial charge in [0.2, 0.25) is 0 Å². The number of hydrogen-bond donors (Lipinski definition) is 1. The van der Waals surface area contributed by atoms with E-state index in [1.807, 2.05) is 6.07 Å². The first-order valence-electron chi connectivity index (χ1n) is 10.6. The molecule has 3 rings (SSSR count). The van der Waals surface area contributed by atoms with Gasteiger partial charge >= 0.3 is 0 Å². The van der Waals surface area contributed by atoms with Crippen LogP contribution < -0.4 is 5.32 Å². The van der Waals surface area contributed by atoms with Gasteiger partial charge in [-0.1, -0.05) is 11.6 Å². The van der Waals surface area contributed by atoms with Gasteiger partial charge in [-0.15, -0.1) is 24.0 Å². The van der Waals surface area contributed by atoms with E-state index >= 15 is 0 Å². The van der Waals surface area contributed by atoms with Crippen molar-refractivity contribution in [2.75, 3.05) is 45.8 Å². The van der Waals surface area contributed by atoms with Gasteiger partial charge in [-0.05, 0) is 40.2 Å². The number of nitrogens with one attached hydrogen (secondary N) is 1. The molecule has 2 aliphatic heterocycles. The van der Waals surface area contributed by atoms with Gasteiger partial charge in [0, 0.05) is 57.4 Å². The minimum atomic E-state index is 0. The van der Waals surface area contributed by atoms with Crippen LogP contribution in [0, 0.1) is 0 Å². The van der Waals surface area contributed by atoms with Crippen LogP contribution >= 0.6 is 24.0 Å². The molecule has 0 bridgehead atoms. The number of aliphatic imine (C=N–C) groups is 1. The van der Waals surface area contributed by atoms with E-state index in [0.717, 1.165) is 57.5 Å². The summed E-state index contributed by atoms with van der Waals surface area (Å²) in [4.78, 5) is 12.4. The summed E-state index contributed by atoms with van der Waals surface area (Å²) in [5.74, 6) is 1.06. The fourth-order valence-corrected chi connectivity index (χ4v) is 4.19. The molecule has 0 radical (unpaired) electrons. The zero-order valence-corrected chi connectivity index (χ0v) is 20.0. The standard InChI is InChI=1S/C20H36N6O.HI/c1-4-21-20(22-15-18(3)26-9-6-5-7-17(26)2)25-12-10-24(11-13-25)16-19-8-14-27-23-19;/h8,14,17-18H,4-7,9-13,15-16H2,1-3H3,(H,21,22);1H. The van der Waals surface area contributed by atoms with Crippen molar-refractivity contribution in [2.45, 2.75) is 58.7 Å². The topological polar surface area (TPSA) is 60.1 Å². The Balaban J connectivity index is 0.00000280. The molecule has 0 spiro atoms. The van der Waals surface area contributed by atoms with E-state index in [-0.39, 0.29) is 24.0 Å². The van der Waals surface area contributed by atoms with Gasteiger partial charge < -0.3 is 14.7 Å². The molecule has 1 aromatic rings. The Hall–Kier alpha value is -0.870. The number of piperidine rings is 1. The van der Waals surface area contributed by atoms with Crippen LogP contribution in [-0.2, 0) is 6.54 Å². The molecule has 1 N–H and O–H groups in total. The Morgan fingerprint density at radius 3 is 2.71 bits per heavy atom. The van der Waals surface area contributed by atoms with Crippen LogP contribution in [0.2, 0.25) is 0 Å². The van der Waals surface area contributed by atoms with Crippen LogP contribution in [0.5, 0.6) is 0 Å². The Morgan fingerprint density at radius 1 is 1.29 bits per heavy atom. The van der Waals surface area contributed by atoms with Crippen molar-refractivity contribution >= 4 is 29.9 Å². The van der Waals surface area contributed by atoms with Crippen LogP contribution in [-0.4, -0.2) is 83.7 Å². The number of nitrogens with zero attached hydrogens (tertiary/aromatic N) is 5. The average Bonchev–Trinajstić information content (AvgIpc) is 3.19. The molecule has 0 aliphatic carbocycles. The number of halogens is 1. The molecule has 7 nitrogen and oxygen atoms in total. The Kier molecular flexibility index (Phi) is 10.0. The van der Waals surface area contributed by atoms with Gasteiger partial charge in [-0.3, -0.25) is 14.8 Å². The summed E-state index contributed by atoms with van der Waals surface area (Å²) in [5, 5.41) is 7.52. The Bertz CT molecular complexity index is 573. The lowest BCUT2D eigenvalue weighted by Crippen LogP contribution is -2.52. The van der Waals surface area contributed by atoms with Crippen molar-refractivity contribution in [3.05, 3.63) is 18.0 Å². The van der Waals surface area contributed by atoms with Crippen LogP contribution in [0.25, 0.3) is 0 Å². The summed E-state index contributed by atoms with van der Waals surface area (Å²) >= 11 is 0. The molecule has 0 amide bonds. The molecule has 2 unspecified atom stereocenters. The van der Waals surface area contributed by atoms with Crippen LogP contribution in [0.3, 0.4) is 0 Å². The van der Waals surface area contributed by atoms with E-state index in [1.165, 1.54) is 25.8 Å². The number of guanidine groups is 1. The third-order valence-electron chi connectivity index (χ3n) is 5.81. The Morgan fingerprint density at radius 2 is 2.07 bits per heavy atom. The highest BCUT2D eigenvalue weighted by atomic mass is 127. The third-order valence-corrected chi connectivity index (χ3v) is 5.81. The maximum atomic E-state index is 4.99. The van der Waals surface area contributed by atoms with Crippen molar-refractivity contribution in [1.29, 1.82) is 0 Å². The summed E-state index contributed by atoms with van der Waals surface area (Å²) < 4.78 is 4.94. The van der Waals surface area contributed by atoms with E-state index in [0.29, 0.717) is 12.1 Å². The predicted octanol–water partition coefficient (Wildman–Crippen LogP) is 2.64. The molecule has 0 aromatic carbocycles. The van der Waals surface area contributed by atoms with E-state index in [1.54, 1.807) is 6.26 Å². The second-order valence-corrected chi connectivity index (χ2v) is 7.88. The van der Waals surface area contributed by atoms with Crippen molar-refractivity contribution < 1.29 is 4.52 Å². The molecular formula is C20H37IN6O. The molecule has 28 heavy (non-hydrogen) atoms. The molecule has 0 saturated carbocycles. The zero-order valence-electron chi connectivity index (χ0n) is 17.6. The normalized spacial score (nSPS) is 23.3. The highest BCUT2D eigenvalue weighted by molar-refractivity contribution is 14.0. The lowest BCUT2D eigenvalue weighted by Gasteiger charge is -2.38. The minimum Gasteiger partial charge on any atom is -0.364 e. The van der Waals surface area contributed by atoms with Crippen LogP contribution in [0.4, 0.5) is 0 Å². The highest BCUT2D eigenvalue weighted by Gasteiger charge is 2.24. The molecule has 1 aromatic heterocycles. The van der Waals surface area contributed by atoms with E-state index in [4.69, 9.17) is 9.52 Å². The Labute approximate surface area is 186 Å². The minimum absolute atomic E-state index is 0. The van der Waals surface area contributed by atoms with E-state index in [9.17, 15) is 0 Å². The predicted molar refractivity (Wildman–Crippen MR) is 124 cm³/mol. The SMILES string of the molecule is CCNC(=NCC(C)N1CCCCC1C)N1CCN(Cc2ccon2)CC1.I. The first-order valence-corrected chi connectivity index (χ1v) is 10.6. The number of rotatable bonds is 6. The summed E-state index contributed by atoms with van der Waals surface area (Å²) in [6, 6.07) is 3.13. The fourth-order valence-electron chi connectivity index (χ4n) is 4.19. The summed E-state index contributed by atoms with van der Waals surface area (Å²) in [6.07, 6.45) is 5.66. The third kappa shape index (κ3) is 6.59. The van der Waals surface area contributed by atoms with Gasteiger partial charge in [0.1, 0.15) is 6.26 Å². The van der Waals surface area contributed by atoms with Crippen molar-refractivity contribution in [1.82, 2.24) is 25.2 Å². The first-order chi connectivity index (χ1) is 13.2. The molecule has 2 aliphatic rings. The maximum absolute atomic E-state index is 4.99. The van der Waals surface area contributed by atoms with E-state index < -0.39 is 0 Å². The zero-order chi connectivity index (χ0) is 19.1. The number of hydrogen-bond acceptors (Lipinski definition) is 5. The lowest BCUT2D eigenvalue weighted by atomic mass is 10.0. The molecule has 2 saturated heterocycles. The van der Waals surface area contributed by atoms with Crippen LogP contribution in [0.15, 0.2) is 21.8 Å². The van der Waals surface area contributed by atoms with Gasteiger partial charge in [-0.2, -0.15) is 0 Å². The molecule has 3 heterocycles. The quantitative estimate of drug-likeness (QED) is 0.365. The van der Waals surface area contributed by atoms with Gasteiger partial charge in [-0.25, -0.2) is 0 Å². The molecule has 2 atom stereocenters. The molecular weight excluding hydrogens is 467 g/mol. The van der Waals surface area contributed by atoms with Crippen LogP contribution in [0.1, 0.15) is 45.7 Å². The summed E-state index contributed by atoms with van der Waals surface area (Å²) in [7, 11) is 0. The maximum Gasteiger partial charge on any atom is 0.194 e. The van der Waals surface area contributed by atoms with Gasteiger partial charge in [0.15, 0.2) is 5.96 Å². The number of likely N-dealkylation sites (tertiary alicyclic amines) is 1. The smallest absolute Gasteiger partial charge is 0.194 e. The second-order valence-electron chi connectivity index (χ2n) is 7.88. The number of piperazine rings is 1. The van der Waals surface area contributed by atoms with Crippen molar-refractivity contribution in [3.8, 4) is 0 Å². The highest BCUT2D eigenvalue weighted by Crippen LogP contribution is 2.19. The van der Waals surface area contributed by atoms with Crippen molar-refractivity contribution in [3.63, 3.8) is 0 Å². The molecule has 8 heteroatoms. The monoisotopic (exact) mass is 504 g/mol.